The standard InChI is InChI=1S/C15H12O/c1-2-6-12(7-3-1)11-16-15-10-13-8-4-5-9-14(13)15/h1-10H,11H2. The molecule has 0 fully saturated rings. The molecule has 0 spiro atoms. The lowest BCUT2D eigenvalue weighted by atomic mass is 9.96. The van der Waals surface area contributed by atoms with E-state index in [1.807, 2.05) is 30.3 Å². The summed E-state index contributed by atoms with van der Waals surface area (Å²) in [5.41, 5.74) is 3.69. The van der Waals surface area contributed by atoms with E-state index in [2.05, 4.69) is 30.3 Å². The second-order valence-corrected chi connectivity index (χ2v) is 3.87. The molecule has 78 valence electrons. The molecule has 0 aliphatic heterocycles. The Morgan fingerprint density at radius 2 is 1.56 bits per heavy atom. The number of ether oxygens (including phenoxy) is 1. The van der Waals surface area contributed by atoms with Crippen LogP contribution in [0.4, 0.5) is 0 Å². The minimum Gasteiger partial charge on any atom is -0.488 e. The molecule has 3 rings (SSSR count). The first-order valence-corrected chi connectivity index (χ1v) is 5.41. The first-order valence-electron chi connectivity index (χ1n) is 5.41. The monoisotopic (exact) mass is 208 g/mol. The summed E-state index contributed by atoms with van der Waals surface area (Å²) in [6.45, 7) is 0.640. The van der Waals surface area contributed by atoms with Crippen LogP contribution in [0.1, 0.15) is 16.7 Å². The van der Waals surface area contributed by atoms with Crippen LogP contribution in [0.5, 0.6) is 0 Å². The Bertz CT molecular complexity index is 526. The fourth-order valence-electron chi connectivity index (χ4n) is 1.84. The first-order chi connectivity index (χ1) is 7.93. The maximum Gasteiger partial charge on any atom is 0.128 e. The van der Waals surface area contributed by atoms with E-state index in [0.29, 0.717) is 6.61 Å². The van der Waals surface area contributed by atoms with Gasteiger partial charge in [-0.05, 0) is 17.2 Å². The Labute approximate surface area is 95.0 Å². The lowest BCUT2D eigenvalue weighted by molar-refractivity contribution is 0.264. The van der Waals surface area contributed by atoms with E-state index in [0.717, 1.165) is 5.76 Å². The van der Waals surface area contributed by atoms with Crippen molar-refractivity contribution in [2.75, 3.05) is 0 Å². The van der Waals surface area contributed by atoms with Crippen molar-refractivity contribution in [3.8, 4) is 0 Å². The highest BCUT2D eigenvalue weighted by Crippen LogP contribution is 2.33. The van der Waals surface area contributed by atoms with Gasteiger partial charge in [0.05, 0.1) is 0 Å². The third kappa shape index (κ3) is 1.61. The summed E-state index contributed by atoms with van der Waals surface area (Å²) in [5, 5.41) is 0. The van der Waals surface area contributed by atoms with Crippen LogP contribution in [-0.4, -0.2) is 0 Å². The highest BCUT2D eigenvalue weighted by atomic mass is 16.5. The van der Waals surface area contributed by atoms with Crippen LogP contribution in [0.15, 0.2) is 54.6 Å². The van der Waals surface area contributed by atoms with E-state index in [1.54, 1.807) is 0 Å². The third-order valence-electron chi connectivity index (χ3n) is 2.75. The Morgan fingerprint density at radius 1 is 0.812 bits per heavy atom. The molecule has 2 aromatic carbocycles. The van der Waals surface area contributed by atoms with E-state index in [1.165, 1.54) is 16.7 Å². The predicted molar refractivity (Wildman–Crippen MR) is 65.5 cm³/mol. The zero-order valence-electron chi connectivity index (χ0n) is 8.89. The third-order valence-corrected chi connectivity index (χ3v) is 2.75. The molecule has 0 unspecified atom stereocenters. The predicted octanol–water partition coefficient (Wildman–Crippen LogP) is 3.71. The van der Waals surface area contributed by atoms with Crippen molar-refractivity contribution in [2.24, 2.45) is 0 Å². The van der Waals surface area contributed by atoms with Crippen LogP contribution in [0.2, 0.25) is 0 Å². The molecule has 0 N–H and O–H groups in total. The molecule has 1 aliphatic carbocycles. The van der Waals surface area contributed by atoms with Crippen molar-refractivity contribution in [1.29, 1.82) is 0 Å². The second kappa shape index (κ2) is 3.86. The molecular weight excluding hydrogens is 196 g/mol. The van der Waals surface area contributed by atoms with Crippen LogP contribution >= 0.6 is 0 Å². The molecule has 0 atom stereocenters. The van der Waals surface area contributed by atoms with E-state index in [-0.39, 0.29) is 0 Å². The van der Waals surface area contributed by atoms with Crippen LogP contribution < -0.4 is 0 Å². The normalized spacial score (nSPS) is 12.4. The molecule has 0 saturated heterocycles. The quantitative estimate of drug-likeness (QED) is 0.747. The maximum absolute atomic E-state index is 5.75. The van der Waals surface area contributed by atoms with E-state index >= 15 is 0 Å². The summed E-state index contributed by atoms with van der Waals surface area (Å²) in [6.07, 6.45) is 2.08. The highest BCUT2D eigenvalue weighted by molar-refractivity contribution is 5.92. The van der Waals surface area contributed by atoms with Gasteiger partial charge in [-0.1, -0.05) is 54.6 Å². The van der Waals surface area contributed by atoms with Gasteiger partial charge in [-0.25, -0.2) is 0 Å². The van der Waals surface area contributed by atoms with Gasteiger partial charge in [-0.15, -0.1) is 0 Å². The summed E-state index contributed by atoms with van der Waals surface area (Å²) in [6, 6.07) is 18.5. The zero-order chi connectivity index (χ0) is 10.8. The molecule has 0 aromatic heterocycles. The minimum atomic E-state index is 0.640. The van der Waals surface area contributed by atoms with Crippen molar-refractivity contribution in [1.82, 2.24) is 0 Å². The molecule has 1 nitrogen and oxygen atoms in total. The van der Waals surface area contributed by atoms with Crippen LogP contribution in [0.25, 0.3) is 11.8 Å². The Kier molecular flexibility index (Phi) is 2.22. The van der Waals surface area contributed by atoms with E-state index in [4.69, 9.17) is 4.74 Å². The molecule has 0 radical (unpaired) electrons. The number of fused-ring (bicyclic) bond motifs is 1. The molecule has 1 heteroatoms. The van der Waals surface area contributed by atoms with Crippen LogP contribution in [0, 0.1) is 0 Å². The summed E-state index contributed by atoms with van der Waals surface area (Å²) in [5.74, 6) is 0.999. The van der Waals surface area contributed by atoms with Crippen molar-refractivity contribution < 1.29 is 4.74 Å². The minimum absolute atomic E-state index is 0.640. The number of benzene rings is 2. The molecule has 16 heavy (non-hydrogen) atoms. The zero-order valence-corrected chi connectivity index (χ0v) is 8.89. The van der Waals surface area contributed by atoms with Crippen molar-refractivity contribution in [2.45, 2.75) is 6.61 Å². The molecule has 0 heterocycles. The average molecular weight is 208 g/mol. The molecule has 0 saturated carbocycles. The van der Waals surface area contributed by atoms with Gasteiger partial charge in [0, 0.05) is 5.56 Å². The summed E-state index contributed by atoms with van der Waals surface area (Å²) in [4.78, 5) is 0. The van der Waals surface area contributed by atoms with E-state index < -0.39 is 0 Å². The van der Waals surface area contributed by atoms with Gasteiger partial charge in [0.15, 0.2) is 0 Å². The molecular formula is C15H12O. The van der Waals surface area contributed by atoms with Gasteiger partial charge in [0.2, 0.25) is 0 Å². The largest absolute Gasteiger partial charge is 0.488 e. The fraction of sp³-hybridized carbons (Fsp3) is 0.0667. The van der Waals surface area contributed by atoms with Gasteiger partial charge in [-0.3, -0.25) is 0 Å². The highest BCUT2D eigenvalue weighted by Gasteiger charge is 2.16. The fourth-order valence-corrected chi connectivity index (χ4v) is 1.84. The van der Waals surface area contributed by atoms with Gasteiger partial charge in [0.1, 0.15) is 12.4 Å². The Balaban J connectivity index is 1.67. The Morgan fingerprint density at radius 3 is 2.38 bits per heavy atom. The molecule has 0 amide bonds. The number of rotatable bonds is 3. The van der Waals surface area contributed by atoms with Gasteiger partial charge < -0.3 is 4.74 Å². The summed E-state index contributed by atoms with van der Waals surface area (Å²) < 4.78 is 5.75. The maximum atomic E-state index is 5.75. The van der Waals surface area contributed by atoms with E-state index in [9.17, 15) is 0 Å². The van der Waals surface area contributed by atoms with Crippen LogP contribution in [-0.2, 0) is 11.3 Å². The smallest absolute Gasteiger partial charge is 0.128 e. The lowest BCUT2D eigenvalue weighted by Gasteiger charge is -2.20. The van der Waals surface area contributed by atoms with Gasteiger partial charge >= 0.3 is 0 Å². The topological polar surface area (TPSA) is 9.23 Å². The second-order valence-electron chi connectivity index (χ2n) is 3.87. The SMILES string of the molecule is C1=C(OCc2ccccc2)c2ccccc21. The molecule has 2 aromatic rings. The summed E-state index contributed by atoms with van der Waals surface area (Å²) >= 11 is 0. The van der Waals surface area contributed by atoms with Gasteiger partial charge in [0.25, 0.3) is 0 Å². The first kappa shape index (κ1) is 9.22. The Hall–Kier alpha value is -2.02. The molecule has 1 aliphatic rings. The molecule has 0 bridgehead atoms. The summed E-state index contributed by atoms with van der Waals surface area (Å²) in [7, 11) is 0. The lowest BCUT2D eigenvalue weighted by Crippen LogP contribution is -2.02. The van der Waals surface area contributed by atoms with Crippen molar-refractivity contribution >= 4 is 11.8 Å². The average Bonchev–Trinajstić information content (AvgIpc) is 2.32. The van der Waals surface area contributed by atoms with Crippen molar-refractivity contribution in [3.05, 3.63) is 71.3 Å². The number of hydrogen-bond acceptors (Lipinski definition) is 1. The van der Waals surface area contributed by atoms with Crippen molar-refractivity contribution in [3.63, 3.8) is 0 Å². The van der Waals surface area contributed by atoms with Crippen LogP contribution in [0.3, 0.4) is 0 Å². The number of hydrogen-bond donors (Lipinski definition) is 0. The van der Waals surface area contributed by atoms with Gasteiger partial charge in [-0.2, -0.15) is 0 Å².